The molecule has 0 unspecified atom stereocenters. The van der Waals surface area contributed by atoms with Gasteiger partial charge in [-0.1, -0.05) is 53.0 Å². The molecule has 0 atom stereocenters. The molecule has 14 heteroatoms. The minimum atomic E-state index is -4.54. The summed E-state index contributed by atoms with van der Waals surface area (Å²) in [5, 5.41) is 25.5. The first-order valence-corrected chi connectivity index (χ1v) is 13.8. The summed E-state index contributed by atoms with van der Waals surface area (Å²) in [6.07, 6.45) is 2.38. The zero-order valence-corrected chi connectivity index (χ0v) is 28.6. The van der Waals surface area contributed by atoms with Crippen molar-refractivity contribution in [2.75, 3.05) is 13.1 Å². The summed E-state index contributed by atoms with van der Waals surface area (Å²) in [4.78, 5) is 7.35. The van der Waals surface area contributed by atoms with Crippen LogP contribution in [-0.2, 0) is 31.1 Å². The Morgan fingerprint density at radius 1 is 0.684 bits per heavy atom. The molecule has 0 saturated carbocycles. The van der Waals surface area contributed by atoms with Crippen LogP contribution in [0.1, 0.15) is 63.8 Å². The van der Waals surface area contributed by atoms with Crippen molar-refractivity contribution >= 4 is 32.7 Å². The largest absolute Gasteiger partial charge is 1.00 e. The number of hydrogen-bond acceptors (Lipinski definition) is 8. The van der Waals surface area contributed by atoms with Crippen molar-refractivity contribution in [1.29, 1.82) is 0 Å². The third-order valence-corrected chi connectivity index (χ3v) is 6.88. The second-order valence-electron chi connectivity index (χ2n) is 10.3. The van der Waals surface area contributed by atoms with Gasteiger partial charge in [0, 0.05) is 12.4 Å². The standard InChI is InChI=1S/C24H32N2O8S2.2Na/c1-23(2,3)19-11-17(35(29,30)31)9-15(21(19)27)13-25-7-8-26-14-16-10-18(36(32,33)34)12-20(22(16)28)24(4,5)6;;/h9-14,27-28H,7-8H2,1-6H3,(H,29,30,31)(H,32,33,34);;/q;2*+1/p-2. The van der Waals surface area contributed by atoms with Crippen molar-refractivity contribution in [2.45, 2.75) is 62.2 Å². The Bertz CT molecular complexity index is 1320. The van der Waals surface area contributed by atoms with E-state index in [0.29, 0.717) is 0 Å². The average Bonchev–Trinajstić information content (AvgIpc) is 2.69. The number of benzene rings is 2. The molecule has 2 N–H and O–H groups in total. The Labute approximate surface area is 268 Å². The normalized spacial score (nSPS) is 12.9. The van der Waals surface area contributed by atoms with E-state index >= 15 is 0 Å². The minimum Gasteiger partial charge on any atom is -0.872 e. The molecule has 0 saturated heterocycles. The molecule has 0 amide bonds. The summed E-state index contributed by atoms with van der Waals surface area (Å²) in [5.74, 6) is -0.843. The van der Waals surface area contributed by atoms with Crippen LogP contribution in [0.2, 0.25) is 0 Å². The molecule has 2 aromatic rings. The second-order valence-corrected chi connectivity index (χ2v) is 13.1. The van der Waals surface area contributed by atoms with Crippen molar-refractivity contribution in [2.24, 2.45) is 9.98 Å². The van der Waals surface area contributed by atoms with Crippen LogP contribution >= 0.6 is 0 Å². The van der Waals surface area contributed by atoms with Crippen LogP contribution in [0.25, 0.3) is 0 Å². The van der Waals surface area contributed by atoms with Gasteiger partial charge in [-0.25, -0.2) is 0 Å². The van der Waals surface area contributed by atoms with E-state index in [2.05, 4.69) is 9.98 Å². The third-order valence-electron chi connectivity index (χ3n) is 5.21. The van der Waals surface area contributed by atoms with Crippen LogP contribution in [0.3, 0.4) is 0 Å². The monoisotopic (exact) mass is 584 g/mol. The number of rotatable bonds is 7. The molecule has 0 bridgehead atoms. The van der Waals surface area contributed by atoms with Gasteiger partial charge in [-0.15, -0.1) is 0 Å². The van der Waals surface area contributed by atoms with Gasteiger partial charge in [0.25, 0.3) is 20.2 Å². The van der Waals surface area contributed by atoms with Crippen molar-refractivity contribution < 1.29 is 95.3 Å². The van der Waals surface area contributed by atoms with Gasteiger partial charge in [-0.2, -0.15) is 16.8 Å². The van der Waals surface area contributed by atoms with Crippen molar-refractivity contribution in [3.05, 3.63) is 46.5 Å². The van der Waals surface area contributed by atoms with E-state index in [-0.39, 0.29) is 94.5 Å². The quantitative estimate of drug-likeness (QED) is 0.145. The maximum absolute atomic E-state index is 12.8. The van der Waals surface area contributed by atoms with Gasteiger partial charge >= 0.3 is 59.1 Å². The van der Waals surface area contributed by atoms with Crippen LogP contribution < -0.4 is 69.3 Å². The molecule has 0 heterocycles. The summed E-state index contributed by atoms with van der Waals surface area (Å²) in [5.41, 5.74) is -0.984. The molecular formula is C24H30N2Na2O8S2. The van der Waals surface area contributed by atoms with Gasteiger partial charge in [0.2, 0.25) is 0 Å². The number of hydrogen-bond donors (Lipinski definition) is 2. The van der Waals surface area contributed by atoms with Crippen molar-refractivity contribution in [3.8, 4) is 11.5 Å². The van der Waals surface area contributed by atoms with Crippen LogP contribution in [0.15, 0.2) is 44.0 Å². The molecule has 0 aliphatic rings. The fraction of sp³-hybridized carbons (Fsp3) is 0.417. The molecule has 0 aromatic heterocycles. The Kier molecular flexibility index (Phi) is 13.4. The molecule has 0 fully saturated rings. The van der Waals surface area contributed by atoms with Crippen LogP contribution in [0, 0.1) is 0 Å². The van der Waals surface area contributed by atoms with E-state index in [9.17, 15) is 36.2 Å². The van der Waals surface area contributed by atoms with Crippen LogP contribution in [0.4, 0.5) is 0 Å². The topological polar surface area (TPSA) is 180 Å². The second kappa shape index (κ2) is 13.7. The Morgan fingerprint density at radius 3 is 1.21 bits per heavy atom. The van der Waals surface area contributed by atoms with E-state index in [0.717, 1.165) is 24.3 Å². The predicted octanol–water partition coefficient (Wildman–Crippen LogP) is -3.53. The van der Waals surface area contributed by atoms with Gasteiger partial charge in [0.15, 0.2) is 0 Å². The molecule has 0 aliphatic heterocycles. The fourth-order valence-corrected chi connectivity index (χ4v) is 4.38. The first kappa shape index (κ1) is 37.2. The maximum Gasteiger partial charge on any atom is 1.00 e. The van der Waals surface area contributed by atoms with Gasteiger partial charge in [0.1, 0.15) is 0 Å². The summed E-state index contributed by atoms with van der Waals surface area (Å²) >= 11 is 0. The van der Waals surface area contributed by atoms with Gasteiger partial charge in [0.05, 0.1) is 22.9 Å². The van der Waals surface area contributed by atoms with Gasteiger partial charge in [-0.05, 0) is 57.3 Å². The Hall–Kier alpha value is -0.800. The molecule has 0 aliphatic carbocycles. The van der Waals surface area contributed by atoms with E-state index in [1.807, 2.05) is 0 Å². The molecule has 10 nitrogen and oxygen atoms in total. The smallest absolute Gasteiger partial charge is 0.872 e. The molecule has 38 heavy (non-hydrogen) atoms. The van der Waals surface area contributed by atoms with E-state index in [1.165, 1.54) is 12.4 Å². The van der Waals surface area contributed by atoms with E-state index in [1.54, 1.807) is 41.5 Å². The summed E-state index contributed by atoms with van der Waals surface area (Å²) in [7, 11) is -9.08. The predicted molar refractivity (Wildman–Crippen MR) is 134 cm³/mol. The molecule has 0 radical (unpaired) electrons. The molecule has 2 aromatic carbocycles. The van der Waals surface area contributed by atoms with Gasteiger partial charge < -0.3 is 10.2 Å². The van der Waals surface area contributed by atoms with Crippen molar-refractivity contribution in [3.63, 3.8) is 0 Å². The maximum atomic E-state index is 12.8. The van der Waals surface area contributed by atoms with E-state index < -0.39 is 52.4 Å². The van der Waals surface area contributed by atoms with Gasteiger partial charge in [-0.3, -0.25) is 19.1 Å². The molecular weight excluding hydrogens is 554 g/mol. The van der Waals surface area contributed by atoms with Crippen LogP contribution in [0.5, 0.6) is 11.5 Å². The zero-order valence-electron chi connectivity index (χ0n) is 22.9. The summed E-state index contributed by atoms with van der Waals surface area (Å²) in [6.45, 7) is 10.5. The van der Waals surface area contributed by atoms with Crippen molar-refractivity contribution in [1.82, 2.24) is 0 Å². The average molecular weight is 585 g/mol. The molecule has 198 valence electrons. The minimum absolute atomic E-state index is 0. The van der Waals surface area contributed by atoms with E-state index in [4.69, 9.17) is 0 Å². The Balaban J connectivity index is 0.00000684. The zero-order chi connectivity index (χ0) is 27.7. The summed E-state index contributed by atoms with van der Waals surface area (Å²) < 4.78 is 65.4. The third kappa shape index (κ3) is 9.99. The van der Waals surface area contributed by atoms with Crippen LogP contribution in [-0.4, -0.2) is 51.5 Å². The fourth-order valence-electron chi connectivity index (χ4n) is 3.29. The molecule has 0 spiro atoms. The summed E-state index contributed by atoms with van der Waals surface area (Å²) in [6, 6.07) is 4.37. The number of aliphatic imine (C=N–C) groups is 2. The molecule has 2 rings (SSSR count). The Morgan fingerprint density at radius 2 is 0.974 bits per heavy atom. The number of nitrogens with zero attached hydrogens (tertiary/aromatic N) is 2. The SMILES string of the molecule is CC(C)(C)c1cc(S(=O)(=O)O)cc(C=NCCN=Cc2cc(S(=O)(=O)O)cc(C(C)(C)C)c2[O-])c1[O-].[Na+].[Na+]. The first-order chi connectivity index (χ1) is 16.2. The first-order valence-electron chi connectivity index (χ1n) is 10.9.